The molecule has 282 valence electrons. The second kappa shape index (κ2) is 15.5. The molecule has 2 amide bonds. The van der Waals surface area contributed by atoms with Crippen LogP contribution in [0.1, 0.15) is 41.5 Å². The molecule has 7 nitrogen and oxygen atoms in total. The maximum atomic E-state index is 14.0. The molecule has 13 heteroatoms. The maximum absolute atomic E-state index is 14.0. The summed E-state index contributed by atoms with van der Waals surface area (Å²) in [6, 6.07) is 24.9. The number of phenolic OH excluding ortho intramolecular Hbond substituents is 1. The van der Waals surface area contributed by atoms with Crippen molar-refractivity contribution in [3.63, 3.8) is 0 Å². The van der Waals surface area contributed by atoms with Crippen molar-refractivity contribution >= 4 is 29.2 Å². The van der Waals surface area contributed by atoms with Crippen LogP contribution in [0.25, 0.3) is 11.6 Å². The Morgan fingerprint density at radius 1 is 0.833 bits per heavy atom. The zero-order chi connectivity index (χ0) is 38.8. The molecule has 4 aromatic carbocycles. The van der Waals surface area contributed by atoms with Gasteiger partial charge in [-0.3, -0.25) is 9.59 Å². The van der Waals surface area contributed by atoms with Gasteiger partial charge in [0.05, 0.1) is 41.4 Å². The number of imide groups is 1. The van der Waals surface area contributed by atoms with E-state index in [4.69, 9.17) is 4.74 Å². The van der Waals surface area contributed by atoms with Gasteiger partial charge in [-0.05, 0) is 84.0 Å². The molecule has 0 aromatic heterocycles. The Labute approximate surface area is 306 Å². The summed E-state index contributed by atoms with van der Waals surface area (Å²) in [5.41, 5.74) is -1.68. The lowest BCUT2D eigenvalue weighted by Crippen LogP contribution is -2.40. The van der Waals surface area contributed by atoms with E-state index in [9.17, 15) is 51.3 Å². The molecule has 0 bridgehead atoms. The smallest absolute Gasteiger partial charge is 0.416 e. The quantitative estimate of drug-likeness (QED) is 0.0617. The number of allylic oxidation sites excluding steroid dienone is 1. The van der Waals surface area contributed by atoms with E-state index >= 15 is 0 Å². The summed E-state index contributed by atoms with van der Waals surface area (Å²) in [6.45, 7) is -0.969. The number of amides is 2. The van der Waals surface area contributed by atoms with Gasteiger partial charge in [0.15, 0.2) is 0 Å². The molecule has 4 aromatic rings. The minimum Gasteiger partial charge on any atom is -0.507 e. The number of ether oxygens (including phenoxy) is 1. The number of fused-ring (bicyclic) bond motifs is 1. The minimum atomic E-state index is -5.23. The van der Waals surface area contributed by atoms with E-state index in [1.165, 1.54) is 6.07 Å². The van der Waals surface area contributed by atoms with Gasteiger partial charge in [-0.15, -0.1) is 0 Å². The Hall–Kier alpha value is -5.40. The van der Waals surface area contributed by atoms with Crippen LogP contribution < -0.4 is 9.64 Å². The average molecular weight is 752 g/mol. The fraction of sp³-hybridized carbons (Fsp3) is 0.268. The molecule has 2 aliphatic rings. The largest absolute Gasteiger partial charge is 0.507 e. The van der Waals surface area contributed by atoms with E-state index in [-0.39, 0.29) is 43.3 Å². The van der Waals surface area contributed by atoms with Gasteiger partial charge >= 0.3 is 12.4 Å². The molecular formula is C41H35F6NO6. The van der Waals surface area contributed by atoms with Gasteiger partial charge in [0.25, 0.3) is 0 Å². The van der Waals surface area contributed by atoms with Crippen LogP contribution in [-0.4, -0.2) is 46.5 Å². The number of nitrogens with zero attached hydrogens (tertiary/aromatic N) is 1. The lowest BCUT2D eigenvalue weighted by Gasteiger charge is -2.36. The van der Waals surface area contributed by atoms with Gasteiger partial charge in [0.2, 0.25) is 11.8 Å². The summed E-state index contributed by atoms with van der Waals surface area (Å²) in [5, 5.41) is 33.2. The monoisotopic (exact) mass is 751 g/mol. The summed E-state index contributed by atoms with van der Waals surface area (Å²) in [4.78, 5) is 28.3. The van der Waals surface area contributed by atoms with Crippen molar-refractivity contribution in [1.29, 1.82) is 0 Å². The predicted molar refractivity (Wildman–Crippen MR) is 188 cm³/mol. The number of hydrogen-bond donors (Lipinski definition) is 3. The molecule has 0 radical (unpaired) electrons. The number of benzene rings is 4. The van der Waals surface area contributed by atoms with Gasteiger partial charge in [-0.25, -0.2) is 4.90 Å². The van der Waals surface area contributed by atoms with E-state index in [0.29, 0.717) is 33.9 Å². The molecule has 1 fully saturated rings. The first-order valence-electron chi connectivity index (χ1n) is 17.1. The van der Waals surface area contributed by atoms with E-state index in [0.717, 1.165) is 11.1 Å². The molecule has 54 heavy (non-hydrogen) atoms. The van der Waals surface area contributed by atoms with E-state index < -0.39 is 71.4 Å². The van der Waals surface area contributed by atoms with Gasteiger partial charge in [0.1, 0.15) is 18.1 Å². The third kappa shape index (κ3) is 8.07. The molecule has 0 saturated carbocycles. The third-order valence-electron chi connectivity index (χ3n) is 9.82. The van der Waals surface area contributed by atoms with Crippen molar-refractivity contribution in [2.24, 2.45) is 17.8 Å². The number of carbonyl (C=O) groups excluding carboxylic acids is 2. The second-order valence-corrected chi connectivity index (χ2v) is 13.2. The lowest BCUT2D eigenvalue weighted by molar-refractivity contribution is -0.143. The molecule has 1 saturated heterocycles. The first-order valence-corrected chi connectivity index (χ1v) is 17.1. The number of rotatable bonds is 11. The van der Waals surface area contributed by atoms with Crippen molar-refractivity contribution in [2.45, 2.75) is 37.7 Å². The molecule has 3 N–H and O–H groups in total. The fourth-order valence-electron chi connectivity index (χ4n) is 7.30. The van der Waals surface area contributed by atoms with E-state index in [2.05, 4.69) is 0 Å². The Balaban J connectivity index is 1.37. The Bertz CT molecular complexity index is 2030. The first-order chi connectivity index (χ1) is 25.7. The van der Waals surface area contributed by atoms with Crippen LogP contribution in [0, 0.1) is 17.8 Å². The Kier molecular flexibility index (Phi) is 11.0. The van der Waals surface area contributed by atoms with Crippen LogP contribution in [0.15, 0.2) is 114 Å². The normalized spacial score (nSPS) is 20.0. The van der Waals surface area contributed by atoms with Crippen molar-refractivity contribution in [3.8, 4) is 11.5 Å². The summed E-state index contributed by atoms with van der Waals surface area (Å²) in [7, 11) is 0. The molecule has 4 atom stereocenters. The number of alkyl halides is 6. The number of halogens is 6. The van der Waals surface area contributed by atoms with Crippen LogP contribution in [-0.2, 0) is 21.9 Å². The number of aliphatic hydroxyl groups is 2. The van der Waals surface area contributed by atoms with Crippen molar-refractivity contribution in [3.05, 3.63) is 137 Å². The second-order valence-electron chi connectivity index (χ2n) is 13.2. The summed E-state index contributed by atoms with van der Waals surface area (Å²) in [5.74, 6) is -5.56. The number of carbonyl (C=O) groups is 2. The molecular weight excluding hydrogens is 716 g/mol. The predicted octanol–water partition coefficient (Wildman–Crippen LogP) is 8.31. The van der Waals surface area contributed by atoms with Crippen LogP contribution in [0.2, 0.25) is 0 Å². The van der Waals surface area contributed by atoms with Crippen molar-refractivity contribution in [1.82, 2.24) is 0 Å². The Morgan fingerprint density at radius 2 is 1.43 bits per heavy atom. The number of hydrogen-bond acceptors (Lipinski definition) is 6. The van der Waals surface area contributed by atoms with E-state index in [1.807, 2.05) is 30.3 Å². The standard InChI is InChI=1S/C41H35F6NO6/c42-40(43,44)28-19-29(41(45,46)47)21-30(20-28)48-38(52)32-18-27(23-54-31-12-5-2-6-13-31)36(33(22-49)37(32)39(48)53)35(51)16-15-25(24-9-3-1-4-10-24)17-26-11-7-8-14-34(26)50/h1-14,17,19-21,32-33,35,37,49-51H,15-16,18,22-23H2/b25-17-/t32-,33+,35-,37-/m1/s1. The lowest BCUT2D eigenvalue weighted by atomic mass is 9.68. The highest BCUT2D eigenvalue weighted by atomic mass is 19.4. The number of phenols is 1. The molecule has 1 heterocycles. The minimum absolute atomic E-state index is 0.0286. The van der Waals surface area contributed by atoms with Crippen LogP contribution >= 0.6 is 0 Å². The number of anilines is 1. The first kappa shape index (κ1) is 38.3. The van der Waals surface area contributed by atoms with Gasteiger partial charge in [0, 0.05) is 11.5 Å². The Morgan fingerprint density at radius 3 is 2.02 bits per heavy atom. The number of aromatic hydroxyl groups is 1. The summed E-state index contributed by atoms with van der Waals surface area (Å²) in [6.07, 6.45) is -9.98. The maximum Gasteiger partial charge on any atom is 0.416 e. The highest BCUT2D eigenvalue weighted by Crippen LogP contribution is 2.49. The zero-order valence-electron chi connectivity index (χ0n) is 28.5. The zero-order valence-corrected chi connectivity index (χ0v) is 28.5. The van der Waals surface area contributed by atoms with E-state index in [1.54, 1.807) is 54.6 Å². The average Bonchev–Trinajstić information content (AvgIpc) is 3.40. The third-order valence-corrected chi connectivity index (χ3v) is 9.82. The molecule has 6 rings (SSSR count). The van der Waals surface area contributed by atoms with Gasteiger partial charge < -0.3 is 20.1 Å². The van der Waals surface area contributed by atoms with Gasteiger partial charge in [-0.2, -0.15) is 26.3 Å². The fourth-order valence-corrected chi connectivity index (χ4v) is 7.30. The molecule has 0 spiro atoms. The van der Waals surface area contributed by atoms with Gasteiger partial charge in [-0.1, -0.05) is 66.7 Å². The number of aliphatic hydroxyl groups excluding tert-OH is 2. The molecule has 0 unspecified atom stereocenters. The highest BCUT2D eigenvalue weighted by Gasteiger charge is 2.56. The van der Waals surface area contributed by atoms with Crippen LogP contribution in [0.5, 0.6) is 11.5 Å². The summed E-state index contributed by atoms with van der Waals surface area (Å²) >= 11 is 0. The van der Waals surface area contributed by atoms with Crippen molar-refractivity contribution < 1.29 is 56.0 Å². The number of para-hydroxylation sites is 2. The van der Waals surface area contributed by atoms with Crippen LogP contribution in [0.3, 0.4) is 0 Å². The van der Waals surface area contributed by atoms with Crippen molar-refractivity contribution in [2.75, 3.05) is 18.1 Å². The summed E-state index contributed by atoms with van der Waals surface area (Å²) < 4.78 is 88.6. The molecule has 1 aliphatic carbocycles. The highest BCUT2D eigenvalue weighted by molar-refractivity contribution is 6.22. The topological polar surface area (TPSA) is 107 Å². The van der Waals surface area contributed by atoms with Crippen LogP contribution in [0.4, 0.5) is 32.0 Å². The molecule has 1 aliphatic heterocycles. The SMILES string of the molecule is O=C1[C@@H]2[C@@H](CC(COc3ccccc3)=C([C@H](O)CC/C(=C/c3ccccc3O)c3ccccc3)[C@@H]2CO)C(=O)N1c1cc(C(F)(F)F)cc(C(F)(F)F)c1.